The molecule has 0 radical (unpaired) electrons. The van der Waals surface area contributed by atoms with Crippen LogP contribution in [0.15, 0.2) is 18.2 Å². The summed E-state index contributed by atoms with van der Waals surface area (Å²) >= 11 is 2.20. The van der Waals surface area contributed by atoms with Crippen molar-refractivity contribution in [2.75, 3.05) is 0 Å². The lowest BCUT2D eigenvalue weighted by molar-refractivity contribution is -0.0425. The highest BCUT2D eigenvalue weighted by Crippen LogP contribution is 2.16. The van der Waals surface area contributed by atoms with Crippen molar-refractivity contribution >= 4 is 22.6 Å². The normalized spacial score (nSPS) is 10.6. The number of benzene rings is 1. The summed E-state index contributed by atoms with van der Waals surface area (Å²) in [5.74, 6) is 0. The van der Waals surface area contributed by atoms with Gasteiger partial charge in [0.2, 0.25) is 0 Å². The van der Waals surface area contributed by atoms with Gasteiger partial charge in [0.05, 0.1) is 0 Å². The minimum absolute atomic E-state index is 0.544. The minimum Gasteiger partial charge on any atom is -0.364 e. The van der Waals surface area contributed by atoms with Gasteiger partial charge in [0.1, 0.15) is 0 Å². The van der Waals surface area contributed by atoms with Crippen molar-refractivity contribution in [1.82, 2.24) is 0 Å². The maximum Gasteiger partial charge on any atom is 0.178 e. The van der Waals surface area contributed by atoms with Crippen molar-refractivity contribution in [3.05, 3.63) is 32.9 Å². The van der Waals surface area contributed by atoms with Gasteiger partial charge in [-0.15, -0.1) is 0 Å². The molecule has 0 atom stereocenters. The van der Waals surface area contributed by atoms with Crippen LogP contribution in [-0.2, 0) is 0 Å². The van der Waals surface area contributed by atoms with Crippen molar-refractivity contribution in [2.24, 2.45) is 0 Å². The van der Waals surface area contributed by atoms with E-state index in [1.165, 1.54) is 0 Å². The van der Waals surface area contributed by atoms with Crippen LogP contribution in [0.3, 0.4) is 0 Å². The molecule has 0 saturated carbocycles. The Labute approximate surface area is 79.0 Å². The summed E-state index contributed by atoms with van der Waals surface area (Å²) in [6.07, 6.45) is -1.36. The first-order valence-electron chi connectivity index (χ1n) is 3.23. The van der Waals surface area contributed by atoms with E-state index in [0.29, 0.717) is 5.56 Å². The number of aliphatic hydroxyl groups is 2. The van der Waals surface area contributed by atoms with E-state index in [4.69, 9.17) is 10.2 Å². The van der Waals surface area contributed by atoms with Crippen LogP contribution in [0.4, 0.5) is 0 Å². The molecule has 1 aromatic carbocycles. The lowest BCUT2D eigenvalue weighted by atomic mass is 10.1. The Morgan fingerprint density at radius 2 is 2.00 bits per heavy atom. The van der Waals surface area contributed by atoms with Crippen LogP contribution in [0, 0.1) is 10.5 Å². The molecule has 60 valence electrons. The molecule has 0 aromatic heterocycles. The predicted molar refractivity (Wildman–Crippen MR) is 51.1 cm³/mol. The zero-order valence-electron chi connectivity index (χ0n) is 6.08. The monoisotopic (exact) mass is 264 g/mol. The molecule has 1 aromatic rings. The number of rotatable bonds is 1. The second-order valence-electron chi connectivity index (χ2n) is 2.38. The maximum absolute atomic E-state index is 8.79. The van der Waals surface area contributed by atoms with Gasteiger partial charge in [-0.3, -0.25) is 0 Å². The van der Waals surface area contributed by atoms with Crippen molar-refractivity contribution in [3.8, 4) is 0 Å². The summed E-state index contributed by atoms with van der Waals surface area (Å²) in [6, 6.07) is 5.34. The van der Waals surface area contributed by atoms with E-state index >= 15 is 0 Å². The molecular formula is C8H9IO2. The fourth-order valence-electron chi connectivity index (χ4n) is 0.828. The Balaban J connectivity index is 3.05. The molecule has 11 heavy (non-hydrogen) atoms. The summed E-state index contributed by atoms with van der Waals surface area (Å²) in [6.45, 7) is 1.94. The summed E-state index contributed by atoms with van der Waals surface area (Å²) in [7, 11) is 0. The number of hydrogen-bond donors (Lipinski definition) is 2. The third-order valence-electron chi connectivity index (χ3n) is 1.48. The zero-order chi connectivity index (χ0) is 8.43. The quantitative estimate of drug-likeness (QED) is 0.597. The summed E-state index contributed by atoms with van der Waals surface area (Å²) < 4.78 is 1.13. The van der Waals surface area contributed by atoms with Crippen molar-refractivity contribution in [1.29, 1.82) is 0 Å². The van der Waals surface area contributed by atoms with E-state index < -0.39 is 6.29 Å². The van der Waals surface area contributed by atoms with Gasteiger partial charge >= 0.3 is 0 Å². The minimum atomic E-state index is -1.36. The van der Waals surface area contributed by atoms with Crippen molar-refractivity contribution in [3.63, 3.8) is 0 Å². The molecule has 0 spiro atoms. The van der Waals surface area contributed by atoms with Crippen LogP contribution >= 0.6 is 22.6 Å². The Bertz CT molecular complexity index is 258. The fourth-order valence-corrected chi connectivity index (χ4v) is 1.16. The third kappa shape index (κ3) is 2.15. The van der Waals surface area contributed by atoms with E-state index in [9.17, 15) is 0 Å². The molecule has 0 saturated heterocycles. The van der Waals surface area contributed by atoms with E-state index in [-0.39, 0.29) is 0 Å². The SMILES string of the molecule is Cc1cc(C(O)O)ccc1I. The summed E-state index contributed by atoms with van der Waals surface area (Å²) in [5.41, 5.74) is 1.61. The van der Waals surface area contributed by atoms with E-state index in [1.54, 1.807) is 12.1 Å². The fraction of sp³-hybridized carbons (Fsp3) is 0.250. The van der Waals surface area contributed by atoms with Gasteiger partial charge in [-0.25, -0.2) is 0 Å². The van der Waals surface area contributed by atoms with Crippen LogP contribution in [0.5, 0.6) is 0 Å². The van der Waals surface area contributed by atoms with Crippen molar-refractivity contribution in [2.45, 2.75) is 13.2 Å². The molecule has 0 fully saturated rings. The number of halogens is 1. The molecule has 0 aliphatic carbocycles. The Kier molecular flexibility index (Phi) is 2.86. The Morgan fingerprint density at radius 1 is 1.36 bits per heavy atom. The summed E-state index contributed by atoms with van der Waals surface area (Å²) in [4.78, 5) is 0. The predicted octanol–water partition coefficient (Wildman–Crippen LogP) is 1.58. The molecule has 0 amide bonds. The second-order valence-corrected chi connectivity index (χ2v) is 3.54. The van der Waals surface area contributed by atoms with Crippen LogP contribution in [0.2, 0.25) is 0 Å². The average molecular weight is 264 g/mol. The average Bonchev–Trinajstić information content (AvgIpc) is 1.94. The van der Waals surface area contributed by atoms with E-state index in [0.717, 1.165) is 9.13 Å². The number of aliphatic hydroxyl groups excluding tert-OH is 1. The van der Waals surface area contributed by atoms with Gasteiger partial charge in [-0.2, -0.15) is 0 Å². The largest absolute Gasteiger partial charge is 0.364 e. The first-order chi connectivity index (χ1) is 5.11. The zero-order valence-corrected chi connectivity index (χ0v) is 8.24. The topological polar surface area (TPSA) is 40.5 Å². The molecule has 0 aliphatic heterocycles. The molecule has 0 bridgehead atoms. The lowest BCUT2D eigenvalue weighted by Crippen LogP contribution is -1.95. The number of aryl methyl sites for hydroxylation is 1. The van der Waals surface area contributed by atoms with Crippen LogP contribution < -0.4 is 0 Å². The van der Waals surface area contributed by atoms with Crippen LogP contribution in [0.25, 0.3) is 0 Å². The smallest absolute Gasteiger partial charge is 0.178 e. The lowest BCUT2D eigenvalue weighted by Gasteiger charge is -2.05. The van der Waals surface area contributed by atoms with Gasteiger partial charge in [-0.05, 0) is 47.2 Å². The molecule has 2 N–H and O–H groups in total. The van der Waals surface area contributed by atoms with Gasteiger partial charge in [0.25, 0.3) is 0 Å². The van der Waals surface area contributed by atoms with Gasteiger partial charge < -0.3 is 10.2 Å². The van der Waals surface area contributed by atoms with Gasteiger partial charge in [0.15, 0.2) is 6.29 Å². The highest BCUT2D eigenvalue weighted by Gasteiger charge is 2.02. The molecule has 0 heterocycles. The molecule has 3 heteroatoms. The van der Waals surface area contributed by atoms with Crippen molar-refractivity contribution < 1.29 is 10.2 Å². The first-order valence-corrected chi connectivity index (χ1v) is 4.31. The summed E-state index contributed by atoms with van der Waals surface area (Å²) in [5, 5.41) is 17.6. The van der Waals surface area contributed by atoms with Gasteiger partial charge in [-0.1, -0.05) is 6.07 Å². The molecule has 0 unspecified atom stereocenters. The molecule has 1 rings (SSSR count). The third-order valence-corrected chi connectivity index (χ3v) is 2.69. The molecule has 0 aliphatic rings. The Hall–Kier alpha value is -0.130. The van der Waals surface area contributed by atoms with E-state index in [1.807, 2.05) is 13.0 Å². The van der Waals surface area contributed by atoms with Crippen LogP contribution in [0.1, 0.15) is 17.4 Å². The molecule has 2 nitrogen and oxygen atoms in total. The highest BCUT2D eigenvalue weighted by molar-refractivity contribution is 14.1. The Morgan fingerprint density at radius 3 is 2.45 bits per heavy atom. The molecular weight excluding hydrogens is 255 g/mol. The number of hydrogen-bond acceptors (Lipinski definition) is 2. The second kappa shape index (κ2) is 3.51. The standard InChI is InChI=1S/C8H9IO2/c1-5-4-6(8(10)11)2-3-7(5)9/h2-4,8,10-11H,1H3. The van der Waals surface area contributed by atoms with E-state index in [2.05, 4.69) is 22.6 Å². The van der Waals surface area contributed by atoms with Gasteiger partial charge in [0, 0.05) is 9.13 Å². The first kappa shape index (κ1) is 8.96. The van der Waals surface area contributed by atoms with Crippen LogP contribution in [-0.4, -0.2) is 10.2 Å². The maximum atomic E-state index is 8.79. The highest BCUT2D eigenvalue weighted by atomic mass is 127.